The van der Waals surface area contributed by atoms with Gasteiger partial charge in [0.25, 0.3) is 0 Å². The van der Waals surface area contributed by atoms with E-state index in [9.17, 15) is 19.8 Å². The zero-order chi connectivity index (χ0) is 17.0. The molecule has 0 aliphatic heterocycles. The molecule has 0 rings (SSSR count). The quantitative estimate of drug-likeness (QED) is 0.366. The SMILES string of the molecule is CCCCCCCCCCCC[C@](O)(C(=O)O)[C@@H](O)C(=O)O. The zero-order valence-corrected chi connectivity index (χ0v) is 13.5. The summed E-state index contributed by atoms with van der Waals surface area (Å²) >= 11 is 0. The summed E-state index contributed by atoms with van der Waals surface area (Å²) in [4.78, 5) is 21.6. The van der Waals surface area contributed by atoms with Gasteiger partial charge in [-0.25, -0.2) is 9.59 Å². The van der Waals surface area contributed by atoms with Crippen molar-refractivity contribution in [2.24, 2.45) is 0 Å². The summed E-state index contributed by atoms with van der Waals surface area (Å²) < 4.78 is 0. The molecule has 0 saturated heterocycles. The Balaban J connectivity index is 3.83. The first-order chi connectivity index (χ1) is 10.4. The molecule has 0 heterocycles. The molecule has 6 heteroatoms. The number of carbonyl (C=O) groups is 2. The molecule has 0 bridgehead atoms. The normalized spacial score (nSPS) is 15.2. The monoisotopic (exact) mass is 318 g/mol. The Bertz CT molecular complexity index is 331. The van der Waals surface area contributed by atoms with Crippen LogP contribution < -0.4 is 0 Å². The number of hydrogen-bond donors (Lipinski definition) is 4. The van der Waals surface area contributed by atoms with Crippen LogP contribution >= 0.6 is 0 Å². The van der Waals surface area contributed by atoms with Crippen LogP contribution in [0.25, 0.3) is 0 Å². The lowest BCUT2D eigenvalue weighted by Gasteiger charge is -2.25. The van der Waals surface area contributed by atoms with Crippen LogP contribution in [0.5, 0.6) is 0 Å². The number of aliphatic hydroxyl groups excluding tert-OH is 1. The average molecular weight is 318 g/mol. The molecular formula is C16H30O6. The molecule has 22 heavy (non-hydrogen) atoms. The van der Waals surface area contributed by atoms with Gasteiger partial charge < -0.3 is 20.4 Å². The molecule has 0 aromatic carbocycles. The molecule has 0 unspecified atom stereocenters. The Hall–Kier alpha value is -1.14. The zero-order valence-electron chi connectivity index (χ0n) is 13.5. The molecule has 0 aliphatic carbocycles. The van der Waals surface area contributed by atoms with E-state index >= 15 is 0 Å². The summed E-state index contributed by atoms with van der Waals surface area (Å²) in [6, 6.07) is 0. The summed E-state index contributed by atoms with van der Waals surface area (Å²) in [6.07, 6.45) is 7.89. The lowest BCUT2D eigenvalue weighted by Crippen LogP contribution is -2.53. The van der Waals surface area contributed by atoms with Crippen LogP contribution in [0.3, 0.4) is 0 Å². The molecule has 0 aliphatic rings. The van der Waals surface area contributed by atoms with Crippen molar-refractivity contribution >= 4 is 11.9 Å². The van der Waals surface area contributed by atoms with Crippen LogP contribution in [0.15, 0.2) is 0 Å². The molecule has 0 aromatic heterocycles. The molecule has 0 saturated carbocycles. The highest BCUT2D eigenvalue weighted by Crippen LogP contribution is 2.21. The highest BCUT2D eigenvalue weighted by Gasteiger charge is 2.47. The molecule has 0 amide bonds. The van der Waals surface area contributed by atoms with E-state index in [0.717, 1.165) is 25.7 Å². The van der Waals surface area contributed by atoms with Gasteiger partial charge in [-0.05, 0) is 12.8 Å². The summed E-state index contributed by atoms with van der Waals surface area (Å²) in [5.74, 6) is -3.42. The van der Waals surface area contributed by atoms with Crippen molar-refractivity contribution in [1.29, 1.82) is 0 Å². The van der Waals surface area contributed by atoms with Crippen LogP contribution in [0.4, 0.5) is 0 Å². The van der Waals surface area contributed by atoms with E-state index in [1.165, 1.54) is 32.1 Å². The molecule has 0 fully saturated rings. The van der Waals surface area contributed by atoms with Crippen molar-refractivity contribution in [2.45, 2.75) is 89.3 Å². The number of aliphatic hydroxyl groups is 2. The first-order valence-corrected chi connectivity index (χ1v) is 8.23. The lowest BCUT2D eigenvalue weighted by molar-refractivity contribution is -0.184. The van der Waals surface area contributed by atoms with Crippen molar-refractivity contribution in [3.05, 3.63) is 0 Å². The summed E-state index contributed by atoms with van der Waals surface area (Å²) in [7, 11) is 0. The van der Waals surface area contributed by atoms with Crippen molar-refractivity contribution in [3.63, 3.8) is 0 Å². The predicted octanol–water partition coefficient (Wildman–Crippen LogP) is 2.56. The molecule has 0 spiro atoms. The maximum atomic E-state index is 11.0. The third-order valence-electron chi connectivity index (χ3n) is 3.97. The third kappa shape index (κ3) is 7.75. The molecule has 0 aromatic rings. The van der Waals surface area contributed by atoms with E-state index in [2.05, 4.69) is 6.92 Å². The van der Waals surface area contributed by atoms with E-state index < -0.39 is 23.6 Å². The third-order valence-corrected chi connectivity index (χ3v) is 3.97. The highest BCUT2D eigenvalue weighted by molar-refractivity contribution is 5.87. The van der Waals surface area contributed by atoms with Crippen molar-refractivity contribution in [3.8, 4) is 0 Å². The molecule has 4 N–H and O–H groups in total. The van der Waals surface area contributed by atoms with Crippen LogP contribution in [-0.2, 0) is 9.59 Å². The molecule has 2 atom stereocenters. The lowest BCUT2D eigenvalue weighted by atomic mass is 9.90. The summed E-state index contributed by atoms with van der Waals surface area (Å²) in [5.41, 5.74) is -2.61. The largest absolute Gasteiger partial charge is 0.479 e. The number of carboxylic acids is 2. The minimum atomic E-state index is -2.61. The van der Waals surface area contributed by atoms with Gasteiger partial charge in [-0.2, -0.15) is 0 Å². The molecule has 0 radical (unpaired) electrons. The average Bonchev–Trinajstić information content (AvgIpc) is 2.47. The van der Waals surface area contributed by atoms with Gasteiger partial charge in [0, 0.05) is 0 Å². The van der Waals surface area contributed by atoms with Crippen molar-refractivity contribution in [1.82, 2.24) is 0 Å². The minimum absolute atomic E-state index is 0.258. The first-order valence-electron chi connectivity index (χ1n) is 8.23. The molecule has 6 nitrogen and oxygen atoms in total. The Morgan fingerprint density at radius 1 is 0.864 bits per heavy atom. The smallest absolute Gasteiger partial charge is 0.339 e. The fourth-order valence-corrected chi connectivity index (χ4v) is 2.45. The van der Waals surface area contributed by atoms with Crippen LogP contribution in [0.1, 0.15) is 77.6 Å². The number of carboxylic acid groups (broad SMARTS) is 2. The second kappa shape index (κ2) is 11.4. The van der Waals surface area contributed by atoms with E-state index in [4.69, 9.17) is 10.2 Å². The van der Waals surface area contributed by atoms with E-state index in [1.54, 1.807) is 0 Å². The number of rotatable bonds is 14. The fraction of sp³-hybridized carbons (Fsp3) is 0.875. The van der Waals surface area contributed by atoms with Crippen molar-refractivity contribution in [2.75, 3.05) is 0 Å². The number of unbranched alkanes of at least 4 members (excludes halogenated alkanes) is 9. The van der Waals surface area contributed by atoms with Gasteiger partial charge in [-0.1, -0.05) is 64.7 Å². The van der Waals surface area contributed by atoms with Gasteiger partial charge >= 0.3 is 11.9 Å². The standard InChI is InChI=1S/C16H30O6/c1-2-3-4-5-6-7-8-9-10-11-12-16(22,15(20)21)13(17)14(18)19/h13,17,22H,2-12H2,1H3,(H,18,19)(H,20,21)/t13-,16+/m0/s1. The fourth-order valence-electron chi connectivity index (χ4n) is 2.45. The van der Waals surface area contributed by atoms with Crippen molar-refractivity contribution < 1.29 is 30.0 Å². The second-order valence-corrected chi connectivity index (χ2v) is 5.90. The van der Waals surface area contributed by atoms with Gasteiger partial charge in [0.1, 0.15) is 0 Å². The Morgan fingerprint density at radius 2 is 1.27 bits per heavy atom. The Kier molecular flexibility index (Phi) is 10.8. The van der Waals surface area contributed by atoms with Crippen LogP contribution in [0, 0.1) is 0 Å². The summed E-state index contributed by atoms with van der Waals surface area (Å²) in [6.45, 7) is 2.18. The highest BCUT2D eigenvalue weighted by atomic mass is 16.4. The van der Waals surface area contributed by atoms with E-state index in [1.807, 2.05) is 0 Å². The second-order valence-electron chi connectivity index (χ2n) is 5.90. The van der Waals surface area contributed by atoms with Gasteiger partial charge in [-0.15, -0.1) is 0 Å². The maximum Gasteiger partial charge on any atom is 0.339 e. The van der Waals surface area contributed by atoms with Gasteiger partial charge in [0.2, 0.25) is 0 Å². The van der Waals surface area contributed by atoms with Gasteiger partial charge in [0.15, 0.2) is 11.7 Å². The Morgan fingerprint density at radius 3 is 1.64 bits per heavy atom. The van der Waals surface area contributed by atoms with Crippen LogP contribution in [-0.4, -0.2) is 44.1 Å². The minimum Gasteiger partial charge on any atom is -0.479 e. The number of aliphatic carboxylic acids is 2. The van der Waals surface area contributed by atoms with E-state index in [-0.39, 0.29) is 6.42 Å². The predicted molar refractivity (Wildman–Crippen MR) is 82.7 cm³/mol. The van der Waals surface area contributed by atoms with Crippen LogP contribution in [0.2, 0.25) is 0 Å². The van der Waals surface area contributed by atoms with E-state index in [0.29, 0.717) is 6.42 Å². The topological polar surface area (TPSA) is 115 Å². The van der Waals surface area contributed by atoms with Gasteiger partial charge in [-0.3, -0.25) is 0 Å². The molecule has 130 valence electrons. The Labute approximate surface area is 132 Å². The van der Waals surface area contributed by atoms with Gasteiger partial charge in [0.05, 0.1) is 0 Å². The number of hydrogen-bond acceptors (Lipinski definition) is 4. The summed E-state index contributed by atoms with van der Waals surface area (Å²) in [5, 5.41) is 36.7. The maximum absolute atomic E-state index is 11.0. The first kappa shape index (κ1) is 20.9. The molecular weight excluding hydrogens is 288 g/mol.